The molecule has 0 aliphatic carbocycles. The van der Waals surface area contributed by atoms with Crippen LogP contribution in [0.5, 0.6) is 0 Å². The molecule has 1 aromatic heterocycles. The predicted octanol–water partition coefficient (Wildman–Crippen LogP) is 6.05. The zero-order chi connectivity index (χ0) is 29.3. The third kappa shape index (κ3) is 6.79. The summed E-state index contributed by atoms with van der Waals surface area (Å²) in [6, 6.07) is 6.64. The maximum atomic E-state index is 15.6. The largest absolute Gasteiger partial charge is 0.363 e. The number of nitrogens with zero attached hydrogens (tertiary/aromatic N) is 4. The summed E-state index contributed by atoms with van der Waals surface area (Å²) in [5, 5.41) is 3.64. The van der Waals surface area contributed by atoms with Crippen molar-refractivity contribution in [3.63, 3.8) is 0 Å². The van der Waals surface area contributed by atoms with Crippen LogP contribution in [0.25, 0.3) is 0 Å². The highest BCUT2D eigenvalue weighted by Crippen LogP contribution is 2.51. The van der Waals surface area contributed by atoms with E-state index in [1.807, 2.05) is 13.0 Å². The summed E-state index contributed by atoms with van der Waals surface area (Å²) in [7, 11) is -2.98. The van der Waals surface area contributed by atoms with Crippen LogP contribution in [0.1, 0.15) is 87.1 Å². The molecule has 11 heteroatoms. The monoisotopic (exact) mass is 619 g/mol. The van der Waals surface area contributed by atoms with Gasteiger partial charge in [-0.15, -0.1) is 11.8 Å². The fraction of sp³-hybridized carbons (Fsp3) is 0.677. The summed E-state index contributed by atoms with van der Waals surface area (Å²) >= 11 is 1.73. The molecule has 1 aromatic carbocycles. The van der Waals surface area contributed by atoms with E-state index in [4.69, 9.17) is 4.98 Å². The van der Waals surface area contributed by atoms with E-state index < -0.39 is 15.8 Å². The standard InChI is InChI=1S/C31H43F2N5O2S2/c1-22-24-7-6-8-25(19-24)31(32,33)20-23-10-13-37(14-11-23)12-5-3-2-4-9-26-27-28(29(36-22)35-21-34-27)41-30(26)38-15-17-42(39,40)18-16-38/h6-8,19,21-23,26,30H,2-5,9-18,20H2,1H3,(H,34,35,36)/t22-,26?,30?/m1/s1. The second-order valence-corrected chi connectivity index (χ2v) is 16.1. The molecular weight excluding hydrogens is 577 g/mol. The summed E-state index contributed by atoms with van der Waals surface area (Å²) in [5.74, 6) is -1.51. The third-order valence-electron chi connectivity index (χ3n) is 9.66. The Kier molecular flexibility index (Phi) is 9.10. The molecule has 5 aliphatic heterocycles. The molecule has 0 saturated carbocycles. The first-order chi connectivity index (χ1) is 20.2. The van der Waals surface area contributed by atoms with E-state index in [9.17, 15) is 8.42 Å². The molecule has 42 heavy (non-hydrogen) atoms. The summed E-state index contributed by atoms with van der Waals surface area (Å²) in [5.41, 5.74) is 1.92. The van der Waals surface area contributed by atoms with Gasteiger partial charge in [-0.3, -0.25) is 4.90 Å². The van der Waals surface area contributed by atoms with Gasteiger partial charge in [-0.05, 0) is 69.8 Å². The summed E-state index contributed by atoms with van der Waals surface area (Å²) in [6.07, 6.45) is 8.71. The lowest BCUT2D eigenvalue weighted by atomic mass is 9.87. The molecule has 2 saturated heterocycles. The van der Waals surface area contributed by atoms with Crippen molar-refractivity contribution in [3.05, 3.63) is 47.4 Å². The molecule has 1 N–H and O–H groups in total. The molecular formula is C31H43F2N5O2S2. The number of hydrogen-bond acceptors (Lipinski definition) is 8. The molecule has 0 radical (unpaired) electrons. The van der Waals surface area contributed by atoms with Gasteiger partial charge in [0.05, 0.1) is 27.5 Å². The van der Waals surface area contributed by atoms with Crippen molar-refractivity contribution in [2.75, 3.05) is 49.5 Å². The first kappa shape index (κ1) is 30.2. The molecule has 0 spiro atoms. The van der Waals surface area contributed by atoms with Crippen LogP contribution >= 0.6 is 11.8 Å². The van der Waals surface area contributed by atoms with Crippen molar-refractivity contribution < 1.29 is 17.2 Å². The minimum absolute atomic E-state index is 0.0475. The van der Waals surface area contributed by atoms with Crippen molar-refractivity contribution in [3.8, 4) is 0 Å². The molecule has 6 heterocycles. The number of halogens is 2. The maximum Gasteiger partial charge on any atom is 0.273 e. The van der Waals surface area contributed by atoms with Gasteiger partial charge in [0.25, 0.3) is 5.92 Å². The van der Waals surface area contributed by atoms with Gasteiger partial charge in [-0.2, -0.15) is 0 Å². The lowest BCUT2D eigenvalue weighted by Gasteiger charge is -2.34. The topological polar surface area (TPSA) is 78.4 Å². The molecule has 2 unspecified atom stereocenters. The predicted molar refractivity (Wildman–Crippen MR) is 164 cm³/mol. The van der Waals surface area contributed by atoms with Crippen LogP contribution in [0.15, 0.2) is 35.5 Å². The summed E-state index contributed by atoms with van der Waals surface area (Å²) in [6.45, 7) is 5.92. The Morgan fingerprint density at radius 3 is 2.52 bits per heavy atom. The Morgan fingerprint density at radius 1 is 0.976 bits per heavy atom. The molecule has 230 valence electrons. The minimum atomic E-state index is -2.98. The van der Waals surface area contributed by atoms with Gasteiger partial charge in [0.15, 0.2) is 9.84 Å². The molecule has 2 aromatic rings. The molecule has 8 bridgehead atoms. The normalized spacial score (nSPS) is 32.0. The van der Waals surface area contributed by atoms with Gasteiger partial charge in [0.2, 0.25) is 0 Å². The van der Waals surface area contributed by atoms with Crippen molar-refractivity contribution in [2.45, 2.75) is 86.4 Å². The first-order valence-corrected chi connectivity index (χ1v) is 18.3. The van der Waals surface area contributed by atoms with Crippen LogP contribution in [-0.4, -0.2) is 77.8 Å². The van der Waals surface area contributed by atoms with Gasteiger partial charge in [-0.1, -0.05) is 37.5 Å². The maximum absolute atomic E-state index is 15.6. The van der Waals surface area contributed by atoms with Crippen LogP contribution in [-0.2, 0) is 15.8 Å². The fourth-order valence-electron chi connectivity index (χ4n) is 7.07. The number of sulfone groups is 1. The van der Waals surface area contributed by atoms with Crippen molar-refractivity contribution in [1.82, 2.24) is 19.8 Å². The van der Waals surface area contributed by atoms with Crippen LogP contribution in [0.2, 0.25) is 0 Å². The van der Waals surface area contributed by atoms with Crippen molar-refractivity contribution in [2.24, 2.45) is 5.92 Å². The van der Waals surface area contributed by atoms with E-state index in [-0.39, 0.29) is 46.7 Å². The van der Waals surface area contributed by atoms with Gasteiger partial charge < -0.3 is 10.2 Å². The van der Waals surface area contributed by atoms with Crippen molar-refractivity contribution in [1.29, 1.82) is 0 Å². The molecule has 7 nitrogen and oxygen atoms in total. The zero-order valence-electron chi connectivity index (χ0n) is 24.5. The molecule has 7 rings (SSSR count). The highest BCUT2D eigenvalue weighted by Gasteiger charge is 2.42. The number of aromatic nitrogens is 2. The summed E-state index contributed by atoms with van der Waals surface area (Å²) < 4.78 is 55.5. The second kappa shape index (κ2) is 12.7. The second-order valence-electron chi connectivity index (χ2n) is 12.6. The average molecular weight is 620 g/mol. The number of alkyl halides is 2. The molecule has 3 atom stereocenters. The number of thioether (sulfide) groups is 1. The number of rotatable bonds is 1. The lowest BCUT2D eigenvalue weighted by molar-refractivity contribution is -0.0372. The Hall–Kier alpha value is -1.82. The van der Waals surface area contributed by atoms with Gasteiger partial charge in [0.1, 0.15) is 12.1 Å². The highest BCUT2D eigenvalue weighted by molar-refractivity contribution is 8.00. The lowest BCUT2D eigenvalue weighted by Crippen LogP contribution is -2.46. The van der Waals surface area contributed by atoms with Gasteiger partial charge in [-0.25, -0.2) is 27.2 Å². The number of fused-ring (bicyclic) bond motifs is 9. The van der Waals surface area contributed by atoms with E-state index in [0.717, 1.165) is 86.6 Å². The van der Waals surface area contributed by atoms with Crippen LogP contribution in [0.4, 0.5) is 14.6 Å². The van der Waals surface area contributed by atoms with Crippen LogP contribution < -0.4 is 5.32 Å². The molecule has 5 aliphatic rings. The van der Waals surface area contributed by atoms with Crippen LogP contribution in [0, 0.1) is 5.92 Å². The highest BCUT2D eigenvalue weighted by atomic mass is 32.2. The third-order valence-corrected chi connectivity index (χ3v) is 12.8. The fourth-order valence-corrected chi connectivity index (χ4v) is 9.88. The molecule has 0 amide bonds. The Bertz CT molecular complexity index is 1340. The quantitative estimate of drug-likeness (QED) is 0.413. The van der Waals surface area contributed by atoms with E-state index >= 15 is 8.78 Å². The first-order valence-electron chi connectivity index (χ1n) is 15.6. The van der Waals surface area contributed by atoms with E-state index in [0.29, 0.717) is 13.1 Å². The number of nitrogens with one attached hydrogen (secondary N) is 1. The molecule has 2 fully saturated rings. The number of benzene rings is 1. The van der Waals surface area contributed by atoms with E-state index in [1.165, 1.54) is 0 Å². The SMILES string of the molecule is C[C@H]1Nc2ncnc3c2SC(N2CCS(=O)(=O)CC2)C3CCCCCCN2CCC(CC2)CC(F)(F)c2cccc1c2. The van der Waals surface area contributed by atoms with Gasteiger partial charge >= 0.3 is 0 Å². The van der Waals surface area contributed by atoms with E-state index in [1.54, 1.807) is 36.3 Å². The number of piperidine rings is 1. The zero-order valence-corrected chi connectivity index (χ0v) is 26.1. The Morgan fingerprint density at radius 2 is 1.74 bits per heavy atom. The number of hydrogen-bond donors (Lipinski definition) is 1. The average Bonchev–Trinajstić information content (AvgIpc) is 3.34. The van der Waals surface area contributed by atoms with E-state index in [2.05, 4.69) is 20.1 Å². The smallest absolute Gasteiger partial charge is 0.273 e. The van der Waals surface area contributed by atoms with Gasteiger partial charge in [0, 0.05) is 37.0 Å². The Balaban J connectivity index is 1.28. The van der Waals surface area contributed by atoms with Crippen molar-refractivity contribution >= 4 is 27.4 Å². The minimum Gasteiger partial charge on any atom is -0.363 e. The summed E-state index contributed by atoms with van der Waals surface area (Å²) in [4.78, 5) is 15.1. The Labute approximate surface area is 253 Å². The van der Waals surface area contributed by atoms with Crippen LogP contribution in [0.3, 0.4) is 0 Å². The number of anilines is 1.